The minimum atomic E-state index is 0.170. The number of nitrogens with zero attached hydrogens (tertiary/aromatic N) is 1. The van der Waals surface area contributed by atoms with Gasteiger partial charge in [-0.1, -0.05) is 28.1 Å². The van der Waals surface area contributed by atoms with Gasteiger partial charge in [0.1, 0.15) is 6.61 Å². The van der Waals surface area contributed by atoms with Gasteiger partial charge in [-0.2, -0.15) is 0 Å². The summed E-state index contributed by atoms with van der Waals surface area (Å²) < 4.78 is 5.63. The maximum atomic E-state index is 5.63. The smallest absolute Gasteiger partial charge is 0.216 e. The molecule has 1 heterocycles. The molecule has 15 heavy (non-hydrogen) atoms. The van der Waals surface area contributed by atoms with E-state index in [-0.39, 0.29) is 5.54 Å². The fraction of sp³-hybridized carbons (Fsp3) is 0.417. The van der Waals surface area contributed by atoms with Crippen molar-refractivity contribution in [1.29, 1.82) is 0 Å². The third-order valence-electron chi connectivity index (χ3n) is 3.00. The van der Waals surface area contributed by atoms with Gasteiger partial charge in [-0.25, -0.2) is 4.99 Å². The number of aliphatic imine (C=N–C) groups is 1. The summed E-state index contributed by atoms with van der Waals surface area (Å²) in [5, 5.41) is 0.893. The van der Waals surface area contributed by atoms with Gasteiger partial charge in [0, 0.05) is 10.9 Å². The van der Waals surface area contributed by atoms with Crippen molar-refractivity contribution in [2.24, 2.45) is 4.99 Å². The van der Waals surface area contributed by atoms with E-state index < -0.39 is 0 Å². The molecular formula is C12H12BrNO. The van der Waals surface area contributed by atoms with Crippen molar-refractivity contribution in [3.8, 4) is 0 Å². The Morgan fingerprint density at radius 2 is 2.00 bits per heavy atom. The number of hydrogen-bond acceptors (Lipinski definition) is 2. The van der Waals surface area contributed by atoms with Gasteiger partial charge in [0.25, 0.3) is 0 Å². The minimum absolute atomic E-state index is 0.170. The summed E-state index contributed by atoms with van der Waals surface area (Å²) in [7, 11) is 0. The lowest BCUT2D eigenvalue weighted by molar-refractivity contribution is 0.311. The molecule has 1 spiro atoms. The lowest BCUT2D eigenvalue weighted by atomic mass is 10.1. The summed E-state index contributed by atoms with van der Waals surface area (Å²) in [5.41, 5.74) is 2.55. The van der Waals surface area contributed by atoms with Crippen LogP contribution in [0, 0.1) is 0 Å². The lowest BCUT2D eigenvalue weighted by Crippen LogP contribution is -2.05. The third kappa shape index (κ3) is 1.69. The molecule has 0 N–H and O–H groups in total. The molecule has 0 radical (unpaired) electrons. The maximum absolute atomic E-state index is 5.63. The average molecular weight is 266 g/mol. The van der Waals surface area contributed by atoms with Gasteiger partial charge in [-0.3, -0.25) is 0 Å². The third-order valence-corrected chi connectivity index (χ3v) is 3.65. The second kappa shape index (κ2) is 3.34. The highest BCUT2D eigenvalue weighted by Gasteiger charge is 2.47. The van der Waals surface area contributed by atoms with E-state index in [2.05, 4.69) is 45.2 Å². The fourth-order valence-electron chi connectivity index (χ4n) is 1.77. The summed E-state index contributed by atoms with van der Waals surface area (Å²) >= 11 is 3.43. The van der Waals surface area contributed by atoms with Crippen molar-refractivity contribution in [2.45, 2.75) is 23.7 Å². The second-order valence-electron chi connectivity index (χ2n) is 4.26. The Hall–Kier alpha value is -0.830. The van der Waals surface area contributed by atoms with E-state index in [1.54, 1.807) is 0 Å². The Kier molecular flexibility index (Phi) is 2.09. The van der Waals surface area contributed by atoms with Crippen LogP contribution in [0.3, 0.4) is 0 Å². The summed E-state index contributed by atoms with van der Waals surface area (Å²) in [6.45, 7) is 0.780. The Balaban J connectivity index is 1.87. The predicted molar refractivity (Wildman–Crippen MR) is 63.5 cm³/mol. The monoisotopic (exact) mass is 265 g/mol. The molecule has 0 aromatic heterocycles. The van der Waals surface area contributed by atoms with Gasteiger partial charge in [0.15, 0.2) is 0 Å². The summed E-state index contributed by atoms with van der Waals surface area (Å²) in [5.74, 6) is 0.827. The molecule has 0 amide bonds. The van der Waals surface area contributed by atoms with Crippen molar-refractivity contribution < 1.29 is 4.74 Å². The number of ether oxygens (including phenoxy) is 1. The van der Waals surface area contributed by atoms with E-state index >= 15 is 0 Å². The van der Waals surface area contributed by atoms with Crippen LogP contribution in [-0.4, -0.2) is 18.0 Å². The van der Waals surface area contributed by atoms with E-state index in [1.807, 2.05) is 0 Å². The summed E-state index contributed by atoms with van der Waals surface area (Å²) in [6.07, 6.45) is 2.38. The molecule has 1 saturated carbocycles. The first-order valence-corrected chi connectivity index (χ1v) is 6.31. The molecular weight excluding hydrogens is 254 g/mol. The molecule has 1 aliphatic heterocycles. The number of rotatable bonds is 2. The maximum Gasteiger partial charge on any atom is 0.216 e. The van der Waals surface area contributed by atoms with Crippen molar-refractivity contribution in [2.75, 3.05) is 6.61 Å². The van der Waals surface area contributed by atoms with Crippen LogP contribution in [0.4, 0.5) is 0 Å². The first kappa shape index (κ1) is 9.40. The predicted octanol–water partition coefficient (Wildman–Crippen LogP) is 2.89. The molecule has 3 heteroatoms. The zero-order valence-corrected chi connectivity index (χ0v) is 9.96. The quantitative estimate of drug-likeness (QED) is 0.754. The second-order valence-corrected chi connectivity index (χ2v) is 4.82. The van der Waals surface area contributed by atoms with Gasteiger partial charge >= 0.3 is 0 Å². The molecule has 1 aromatic rings. The number of hydrogen-bond donors (Lipinski definition) is 0. The van der Waals surface area contributed by atoms with Crippen LogP contribution in [-0.2, 0) is 10.1 Å². The Morgan fingerprint density at radius 3 is 2.53 bits per heavy atom. The van der Waals surface area contributed by atoms with E-state index in [4.69, 9.17) is 4.74 Å². The van der Waals surface area contributed by atoms with Crippen molar-refractivity contribution >= 4 is 21.8 Å². The van der Waals surface area contributed by atoms with Crippen molar-refractivity contribution in [3.63, 3.8) is 0 Å². The molecule has 2 nitrogen and oxygen atoms in total. The number of halogens is 1. The van der Waals surface area contributed by atoms with Gasteiger partial charge < -0.3 is 4.74 Å². The highest BCUT2D eigenvalue weighted by atomic mass is 79.9. The lowest BCUT2D eigenvalue weighted by Gasteiger charge is -2.01. The Bertz CT molecular complexity index is 406. The minimum Gasteiger partial charge on any atom is -0.475 e. The largest absolute Gasteiger partial charge is 0.475 e. The van der Waals surface area contributed by atoms with Gasteiger partial charge in [0.2, 0.25) is 5.90 Å². The zero-order chi connectivity index (χ0) is 10.3. The molecule has 78 valence electrons. The zero-order valence-electron chi connectivity index (χ0n) is 8.37. The normalized spacial score (nSPS) is 21.3. The molecule has 0 unspecified atom stereocenters. The highest BCUT2D eigenvalue weighted by Crippen LogP contribution is 2.43. The topological polar surface area (TPSA) is 21.6 Å². The molecule has 2 aliphatic rings. The van der Waals surface area contributed by atoms with E-state index in [0.29, 0.717) is 0 Å². The number of alkyl halides is 1. The first-order chi connectivity index (χ1) is 7.31. The molecule has 0 bridgehead atoms. The van der Waals surface area contributed by atoms with Crippen LogP contribution in [0.5, 0.6) is 0 Å². The Morgan fingerprint density at radius 1 is 1.27 bits per heavy atom. The van der Waals surface area contributed by atoms with Crippen LogP contribution >= 0.6 is 15.9 Å². The molecule has 1 aromatic carbocycles. The standard InChI is InChI=1S/C12H12BrNO/c13-7-9-1-3-10(4-2-9)11-14-12(5-6-12)8-15-11/h1-4H,5-8H2. The Labute approximate surface area is 97.5 Å². The van der Waals surface area contributed by atoms with Crippen LogP contribution in [0.2, 0.25) is 0 Å². The molecule has 3 rings (SSSR count). The van der Waals surface area contributed by atoms with Crippen molar-refractivity contribution in [3.05, 3.63) is 35.4 Å². The molecule has 1 aliphatic carbocycles. The highest BCUT2D eigenvalue weighted by molar-refractivity contribution is 9.08. The van der Waals surface area contributed by atoms with Gasteiger partial charge in [-0.05, 0) is 30.5 Å². The average Bonchev–Trinajstić information content (AvgIpc) is 2.90. The van der Waals surface area contributed by atoms with E-state index in [0.717, 1.165) is 23.4 Å². The molecule has 1 fully saturated rings. The van der Waals surface area contributed by atoms with Gasteiger partial charge in [0.05, 0.1) is 5.54 Å². The molecule has 0 atom stereocenters. The van der Waals surface area contributed by atoms with Crippen LogP contribution < -0.4 is 0 Å². The molecule has 0 saturated heterocycles. The van der Waals surface area contributed by atoms with E-state index in [1.165, 1.54) is 18.4 Å². The summed E-state index contributed by atoms with van der Waals surface area (Å²) in [4.78, 5) is 4.64. The van der Waals surface area contributed by atoms with E-state index in [9.17, 15) is 0 Å². The number of benzene rings is 1. The van der Waals surface area contributed by atoms with Crippen LogP contribution in [0.15, 0.2) is 29.3 Å². The fourth-order valence-corrected chi connectivity index (χ4v) is 2.14. The van der Waals surface area contributed by atoms with Gasteiger partial charge in [-0.15, -0.1) is 0 Å². The first-order valence-electron chi connectivity index (χ1n) is 5.19. The SMILES string of the molecule is BrCc1ccc(C2=NC3(CC3)CO2)cc1. The van der Waals surface area contributed by atoms with Crippen molar-refractivity contribution in [1.82, 2.24) is 0 Å². The van der Waals surface area contributed by atoms with Crippen LogP contribution in [0.25, 0.3) is 0 Å². The van der Waals surface area contributed by atoms with Crippen LogP contribution in [0.1, 0.15) is 24.0 Å². The summed E-state index contributed by atoms with van der Waals surface area (Å²) in [6, 6.07) is 8.37.